The van der Waals surface area contributed by atoms with Crippen molar-refractivity contribution in [3.8, 4) is 11.3 Å². The lowest BCUT2D eigenvalue weighted by Crippen LogP contribution is -2.32. The van der Waals surface area contributed by atoms with E-state index in [1.807, 2.05) is 0 Å². The molecule has 0 saturated heterocycles. The second-order valence-electron chi connectivity index (χ2n) is 5.64. The Balaban J connectivity index is 1.73. The van der Waals surface area contributed by atoms with Gasteiger partial charge in [0.2, 0.25) is 10.0 Å². The quantitative estimate of drug-likeness (QED) is 0.698. The molecule has 140 valence electrons. The SMILES string of the molecule is O=c1ccc(-c2ccc(F)cc2)nn1CCNS(=O)(=O)c1cccc(F)c1. The fraction of sp³-hybridized carbons (Fsp3) is 0.111. The van der Waals surface area contributed by atoms with Gasteiger partial charge in [-0.25, -0.2) is 26.6 Å². The summed E-state index contributed by atoms with van der Waals surface area (Å²) in [5.41, 5.74) is 0.652. The van der Waals surface area contributed by atoms with Gasteiger partial charge in [0.25, 0.3) is 5.56 Å². The highest BCUT2D eigenvalue weighted by Gasteiger charge is 2.14. The van der Waals surface area contributed by atoms with Gasteiger partial charge in [0.15, 0.2) is 0 Å². The summed E-state index contributed by atoms with van der Waals surface area (Å²) in [6.07, 6.45) is 0. The van der Waals surface area contributed by atoms with E-state index in [9.17, 15) is 22.0 Å². The molecular weight excluding hydrogens is 376 g/mol. The van der Waals surface area contributed by atoms with E-state index < -0.39 is 21.4 Å². The third-order valence-electron chi connectivity index (χ3n) is 3.73. The molecule has 1 aromatic heterocycles. The monoisotopic (exact) mass is 391 g/mol. The van der Waals surface area contributed by atoms with Gasteiger partial charge in [-0.15, -0.1) is 0 Å². The maximum Gasteiger partial charge on any atom is 0.266 e. The van der Waals surface area contributed by atoms with E-state index >= 15 is 0 Å². The lowest BCUT2D eigenvalue weighted by atomic mass is 10.1. The first-order valence-electron chi connectivity index (χ1n) is 7.94. The fourth-order valence-corrected chi connectivity index (χ4v) is 3.44. The zero-order valence-corrected chi connectivity index (χ0v) is 14.8. The van der Waals surface area contributed by atoms with E-state index in [-0.39, 0.29) is 23.8 Å². The molecule has 0 unspecified atom stereocenters. The first-order valence-corrected chi connectivity index (χ1v) is 9.43. The largest absolute Gasteiger partial charge is 0.268 e. The highest BCUT2D eigenvalue weighted by Crippen LogP contribution is 2.15. The standard InChI is InChI=1S/C18H15F2N3O3S/c19-14-6-4-13(5-7-14)17-8-9-18(24)23(22-17)11-10-21-27(25,26)16-3-1-2-15(20)12-16/h1-9,12,21H,10-11H2. The number of hydrogen-bond acceptors (Lipinski definition) is 4. The second kappa shape index (κ2) is 7.77. The summed E-state index contributed by atoms with van der Waals surface area (Å²) in [5.74, 6) is -1.05. The number of nitrogens with one attached hydrogen (secondary N) is 1. The molecule has 0 saturated carbocycles. The van der Waals surface area contributed by atoms with E-state index in [4.69, 9.17) is 0 Å². The van der Waals surface area contributed by atoms with Crippen LogP contribution in [0.2, 0.25) is 0 Å². The molecule has 0 bridgehead atoms. The van der Waals surface area contributed by atoms with Crippen molar-refractivity contribution in [3.63, 3.8) is 0 Å². The molecule has 1 heterocycles. The predicted molar refractivity (Wildman–Crippen MR) is 95.5 cm³/mol. The van der Waals surface area contributed by atoms with Gasteiger partial charge in [-0.05, 0) is 48.5 Å². The van der Waals surface area contributed by atoms with Crippen molar-refractivity contribution in [1.82, 2.24) is 14.5 Å². The Bertz CT molecular complexity index is 1110. The van der Waals surface area contributed by atoms with Crippen molar-refractivity contribution in [2.75, 3.05) is 6.54 Å². The molecule has 0 aliphatic heterocycles. The number of rotatable bonds is 6. The predicted octanol–water partition coefficient (Wildman–Crippen LogP) is 2.17. The van der Waals surface area contributed by atoms with Crippen LogP contribution >= 0.6 is 0 Å². The zero-order valence-electron chi connectivity index (χ0n) is 14.0. The number of hydrogen-bond donors (Lipinski definition) is 1. The van der Waals surface area contributed by atoms with Gasteiger partial charge >= 0.3 is 0 Å². The number of benzene rings is 2. The van der Waals surface area contributed by atoms with E-state index in [0.29, 0.717) is 11.3 Å². The van der Waals surface area contributed by atoms with Crippen LogP contribution in [0.3, 0.4) is 0 Å². The summed E-state index contributed by atoms with van der Waals surface area (Å²) in [5, 5.41) is 4.17. The summed E-state index contributed by atoms with van der Waals surface area (Å²) in [4.78, 5) is 11.7. The van der Waals surface area contributed by atoms with E-state index in [2.05, 4.69) is 9.82 Å². The third kappa shape index (κ3) is 4.63. The minimum Gasteiger partial charge on any atom is -0.268 e. The van der Waals surface area contributed by atoms with Crippen LogP contribution in [0, 0.1) is 11.6 Å². The average Bonchev–Trinajstić information content (AvgIpc) is 2.64. The molecular formula is C18H15F2N3O3S. The molecule has 6 nitrogen and oxygen atoms in total. The topological polar surface area (TPSA) is 81.1 Å². The van der Waals surface area contributed by atoms with Crippen molar-refractivity contribution in [3.05, 3.63) is 82.7 Å². The summed E-state index contributed by atoms with van der Waals surface area (Å²) in [6.45, 7) is -0.138. The maximum absolute atomic E-state index is 13.2. The Hall–Kier alpha value is -2.91. The summed E-state index contributed by atoms with van der Waals surface area (Å²) >= 11 is 0. The lowest BCUT2D eigenvalue weighted by molar-refractivity contribution is 0.547. The molecule has 0 aliphatic carbocycles. The normalized spacial score (nSPS) is 11.5. The molecule has 0 aliphatic rings. The fourth-order valence-electron chi connectivity index (χ4n) is 2.39. The average molecular weight is 391 g/mol. The van der Waals surface area contributed by atoms with Crippen LogP contribution in [0.15, 0.2) is 70.4 Å². The Kier molecular flexibility index (Phi) is 5.43. The summed E-state index contributed by atoms with van der Waals surface area (Å²) in [7, 11) is -3.91. The van der Waals surface area contributed by atoms with Crippen LogP contribution < -0.4 is 10.3 Å². The first kappa shape index (κ1) is 18.9. The molecule has 0 amide bonds. The number of nitrogens with zero attached hydrogens (tertiary/aromatic N) is 2. The zero-order chi connectivity index (χ0) is 19.4. The van der Waals surface area contributed by atoms with E-state index in [1.54, 1.807) is 0 Å². The minimum atomic E-state index is -3.91. The summed E-state index contributed by atoms with van der Waals surface area (Å²) in [6, 6.07) is 13.0. The lowest BCUT2D eigenvalue weighted by Gasteiger charge is -2.09. The molecule has 3 rings (SSSR count). The highest BCUT2D eigenvalue weighted by molar-refractivity contribution is 7.89. The van der Waals surface area contributed by atoms with Gasteiger partial charge < -0.3 is 0 Å². The Morgan fingerprint density at radius 1 is 0.963 bits per heavy atom. The molecule has 0 atom stereocenters. The van der Waals surface area contributed by atoms with Crippen molar-refractivity contribution in [2.45, 2.75) is 11.4 Å². The second-order valence-corrected chi connectivity index (χ2v) is 7.41. The van der Waals surface area contributed by atoms with Crippen molar-refractivity contribution in [2.24, 2.45) is 0 Å². The van der Waals surface area contributed by atoms with Crippen LogP contribution in [0.4, 0.5) is 8.78 Å². The van der Waals surface area contributed by atoms with Crippen LogP contribution in [-0.2, 0) is 16.6 Å². The molecule has 1 N–H and O–H groups in total. The molecule has 27 heavy (non-hydrogen) atoms. The van der Waals surface area contributed by atoms with Crippen molar-refractivity contribution in [1.29, 1.82) is 0 Å². The molecule has 3 aromatic rings. The minimum absolute atomic E-state index is 0.0254. The Morgan fingerprint density at radius 3 is 2.41 bits per heavy atom. The Labute approximate surface area is 154 Å². The van der Waals surface area contributed by atoms with Crippen LogP contribution in [-0.4, -0.2) is 24.7 Å². The molecule has 0 spiro atoms. The van der Waals surface area contributed by atoms with Gasteiger partial charge in [-0.3, -0.25) is 4.79 Å². The molecule has 0 fully saturated rings. The smallest absolute Gasteiger partial charge is 0.266 e. The van der Waals surface area contributed by atoms with Gasteiger partial charge in [0.1, 0.15) is 11.6 Å². The van der Waals surface area contributed by atoms with Gasteiger partial charge in [-0.2, -0.15) is 5.10 Å². The van der Waals surface area contributed by atoms with Crippen LogP contribution in [0.1, 0.15) is 0 Å². The van der Waals surface area contributed by atoms with Gasteiger partial charge in [-0.1, -0.05) is 6.07 Å². The highest BCUT2D eigenvalue weighted by atomic mass is 32.2. The summed E-state index contributed by atoms with van der Waals surface area (Å²) < 4.78 is 53.9. The van der Waals surface area contributed by atoms with Gasteiger partial charge in [0, 0.05) is 18.2 Å². The van der Waals surface area contributed by atoms with Crippen molar-refractivity contribution < 1.29 is 17.2 Å². The third-order valence-corrected chi connectivity index (χ3v) is 5.19. The number of aromatic nitrogens is 2. The maximum atomic E-state index is 13.2. The van der Waals surface area contributed by atoms with E-state index in [1.165, 1.54) is 48.5 Å². The van der Waals surface area contributed by atoms with E-state index in [0.717, 1.165) is 16.8 Å². The first-order chi connectivity index (χ1) is 12.8. The van der Waals surface area contributed by atoms with Crippen molar-refractivity contribution >= 4 is 10.0 Å². The number of halogens is 2. The van der Waals surface area contributed by atoms with Crippen LogP contribution in [0.25, 0.3) is 11.3 Å². The molecule has 0 radical (unpaired) electrons. The molecule has 2 aromatic carbocycles. The Morgan fingerprint density at radius 2 is 1.70 bits per heavy atom. The van der Waals surface area contributed by atoms with Crippen LogP contribution in [0.5, 0.6) is 0 Å². The van der Waals surface area contributed by atoms with Gasteiger partial charge in [0.05, 0.1) is 17.1 Å². The molecule has 9 heteroatoms. The number of sulfonamides is 1.